The summed E-state index contributed by atoms with van der Waals surface area (Å²) < 4.78 is 44.4. The van der Waals surface area contributed by atoms with E-state index in [1.807, 2.05) is 17.5 Å². The normalized spacial score (nSPS) is 17.9. The lowest BCUT2D eigenvalue weighted by Gasteiger charge is -2.20. The van der Waals surface area contributed by atoms with E-state index in [9.17, 15) is 32.9 Å². The van der Waals surface area contributed by atoms with E-state index in [-0.39, 0.29) is 0 Å². The number of esters is 1. The number of benzene rings is 1. The minimum atomic E-state index is -4.91. The molecule has 0 bridgehead atoms. The molecule has 0 aliphatic heterocycles. The standard InChI is InChI=1S/C17H17F3N2O5/c1-10(27-16(24)11-5-3-2-4-6-11)15(23)21-14-8-7-12(22(25)26)9-13(14)17(18,19)20/h2-3,7-11H,4-6H2,1H3,(H,21,23)/t10-,11+/m0/s1. The maximum atomic E-state index is 13.1. The van der Waals surface area contributed by atoms with Gasteiger partial charge in [0, 0.05) is 12.1 Å². The number of amides is 1. The molecule has 1 aliphatic rings. The molecule has 1 aliphatic carbocycles. The highest BCUT2D eigenvalue weighted by molar-refractivity contribution is 5.96. The van der Waals surface area contributed by atoms with Crippen LogP contribution in [0.4, 0.5) is 24.5 Å². The van der Waals surface area contributed by atoms with E-state index < -0.39 is 51.9 Å². The SMILES string of the molecule is C[C@H](OC(=O)[C@@H]1CC=CCC1)C(=O)Nc1ccc([N+](=O)[O-])cc1C(F)(F)F. The number of anilines is 1. The van der Waals surface area contributed by atoms with E-state index >= 15 is 0 Å². The lowest BCUT2D eigenvalue weighted by Crippen LogP contribution is -2.33. The number of nitrogens with zero attached hydrogens (tertiary/aromatic N) is 1. The van der Waals surface area contributed by atoms with Crippen molar-refractivity contribution in [2.24, 2.45) is 5.92 Å². The number of carbonyl (C=O) groups is 2. The third kappa shape index (κ3) is 5.28. The van der Waals surface area contributed by atoms with Crippen LogP contribution in [0.3, 0.4) is 0 Å². The highest BCUT2D eigenvalue weighted by Gasteiger charge is 2.36. The lowest BCUT2D eigenvalue weighted by atomic mass is 9.95. The first-order chi connectivity index (χ1) is 12.6. The van der Waals surface area contributed by atoms with Gasteiger partial charge in [-0.15, -0.1) is 0 Å². The summed E-state index contributed by atoms with van der Waals surface area (Å²) in [5, 5.41) is 12.7. The van der Waals surface area contributed by atoms with Crippen LogP contribution in [0, 0.1) is 16.0 Å². The molecule has 0 saturated heterocycles. The third-order valence-corrected chi connectivity index (χ3v) is 4.04. The Morgan fingerprint density at radius 1 is 1.33 bits per heavy atom. The molecule has 1 amide bonds. The van der Waals surface area contributed by atoms with Gasteiger partial charge in [-0.2, -0.15) is 13.2 Å². The van der Waals surface area contributed by atoms with Gasteiger partial charge in [0.05, 0.1) is 22.1 Å². The third-order valence-electron chi connectivity index (χ3n) is 4.04. The second kappa shape index (κ2) is 8.19. The number of hydrogen-bond acceptors (Lipinski definition) is 5. The van der Waals surface area contributed by atoms with Crippen molar-refractivity contribution < 1.29 is 32.4 Å². The fourth-order valence-corrected chi connectivity index (χ4v) is 2.56. The van der Waals surface area contributed by atoms with Crippen molar-refractivity contribution in [3.05, 3.63) is 46.0 Å². The summed E-state index contributed by atoms with van der Waals surface area (Å²) in [6, 6.07) is 1.97. The number of nitro benzene ring substituents is 1. The minimum Gasteiger partial charge on any atom is -0.452 e. The van der Waals surface area contributed by atoms with E-state index in [4.69, 9.17) is 4.74 Å². The molecule has 27 heavy (non-hydrogen) atoms. The number of hydrogen-bond donors (Lipinski definition) is 1. The zero-order valence-electron chi connectivity index (χ0n) is 14.3. The number of rotatable bonds is 5. The van der Waals surface area contributed by atoms with Crippen molar-refractivity contribution in [3.63, 3.8) is 0 Å². The average molecular weight is 386 g/mol. The Morgan fingerprint density at radius 2 is 2.04 bits per heavy atom. The van der Waals surface area contributed by atoms with Crippen molar-refractivity contribution >= 4 is 23.3 Å². The molecule has 1 aromatic rings. The van der Waals surface area contributed by atoms with Gasteiger partial charge in [0.25, 0.3) is 11.6 Å². The molecule has 1 N–H and O–H groups in total. The Morgan fingerprint density at radius 3 is 2.59 bits per heavy atom. The van der Waals surface area contributed by atoms with Crippen LogP contribution in [0.25, 0.3) is 0 Å². The smallest absolute Gasteiger partial charge is 0.418 e. The Bertz CT molecular complexity index is 776. The molecule has 0 fully saturated rings. The molecule has 0 spiro atoms. The van der Waals surface area contributed by atoms with E-state index in [0.717, 1.165) is 12.1 Å². The first-order valence-corrected chi connectivity index (χ1v) is 8.11. The van der Waals surface area contributed by atoms with Crippen LogP contribution in [0.15, 0.2) is 30.4 Å². The average Bonchev–Trinajstić information content (AvgIpc) is 2.61. The van der Waals surface area contributed by atoms with Crippen molar-refractivity contribution in [3.8, 4) is 0 Å². The zero-order valence-corrected chi connectivity index (χ0v) is 14.3. The number of carbonyl (C=O) groups excluding carboxylic acids is 2. The molecule has 0 heterocycles. The summed E-state index contributed by atoms with van der Waals surface area (Å²) in [7, 11) is 0. The number of ether oxygens (including phenoxy) is 1. The van der Waals surface area contributed by atoms with Gasteiger partial charge in [0.15, 0.2) is 6.10 Å². The van der Waals surface area contributed by atoms with Gasteiger partial charge in [0.1, 0.15) is 0 Å². The molecular formula is C17H17F3N2O5. The molecule has 0 radical (unpaired) electrons. The van der Waals surface area contributed by atoms with Crippen LogP contribution in [0.5, 0.6) is 0 Å². The molecule has 0 saturated carbocycles. The van der Waals surface area contributed by atoms with Gasteiger partial charge in [0.2, 0.25) is 0 Å². The first kappa shape index (κ1) is 20.4. The predicted molar refractivity (Wildman–Crippen MR) is 88.8 cm³/mol. The van der Waals surface area contributed by atoms with E-state index in [0.29, 0.717) is 25.3 Å². The van der Waals surface area contributed by atoms with Crippen LogP contribution in [0.2, 0.25) is 0 Å². The highest BCUT2D eigenvalue weighted by Crippen LogP contribution is 2.37. The van der Waals surface area contributed by atoms with Crippen LogP contribution >= 0.6 is 0 Å². The van der Waals surface area contributed by atoms with Gasteiger partial charge in [-0.25, -0.2) is 0 Å². The molecule has 10 heteroatoms. The molecule has 7 nitrogen and oxygen atoms in total. The minimum absolute atomic E-state index is 0.334. The summed E-state index contributed by atoms with van der Waals surface area (Å²) in [5.74, 6) is -1.95. The number of non-ortho nitro benzene ring substituents is 1. The molecule has 2 rings (SSSR count). The van der Waals surface area contributed by atoms with Crippen molar-refractivity contribution in [2.45, 2.75) is 38.5 Å². The van der Waals surface area contributed by atoms with E-state index in [2.05, 4.69) is 0 Å². The fourth-order valence-electron chi connectivity index (χ4n) is 2.56. The molecular weight excluding hydrogens is 369 g/mol. The summed E-state index contributed by atoms with van der Waals surface area (Å²) in [6.07, 6.45) is -0.724. The molecule has 146 valence electrons. The first-order valence-electron chi connectivity index (χ1n) is 8.11. The van der Waals surface area contributed by atoms with Gasteiger partial charge >= 0.3 is 12.1 Å². The lowest BCUT2D eigenvalue weighted by molar-refractivity contribution is -0.385. The topological polar surface area (TPSA) is 98.5 Å². The molecule has 2 atom stereocenters. The maximum Gasteiger partial charge on any atom is 0.418 e. The fraction of sp³-hybridized carbons (Fsp3) is 0.412. The Kier molecular flexibility index (Phi) is 6.19. The number of allylic oxidation sites excluding steroid dienone is 2. The van der Waals surface area contributed by atoms with Crippen LogP contribution < -0.4 is 5.32 Å². The number of halogens is 3. The number of nitro groups is 1. The molecule has 0 unspecified atom stereocenters. The van der Waals surface area contributed by atoms with E-state index in [1.165, 1.54) is 6.92 Å². The monoisotopic (exact) mass is 386 g/mol. The number of nitrogens with one attached hydrogen (secondary N) is 1. The largest absolute Gasteiger partial charge is 0.452 e. The Labute approximate surface area is 152 Å². The van der Waals surface area contributed by atoms with Gasteiger partial charge in [-0.3, -0.25) is 19.7 Å². The summed E-state index contributed by atoms with van der Waals surface area (Å²) >= 11 is 0. The van der Waals surface area contributed by atoms with E-state index in [1.54, 1.807) is 0 Å². The molecule has 0 aromatic heterocycles. The van der Waals surface area contributed by atoms with Crippen LogP contribution in [-0.4, -0.2) is 22.9 Å². The van der Waals surface area contributed by atoms with Crippen molar-refractivity contribution in [2.75, 3.05) is 5.32 Å². The highest BCUT2D eigenvalue weighted by atomic mass is 19.4. The summed E-state index contributed by atoms with van der Waals surface area (Å²) in [6.45, 7) is 1.24. The zero-order chi connectivity index (χ0) is 20.2. The van der Waals surface area contributed by atoms with Crippen LogP contribution in [-0.2, 0) is 20.5 Å². The summed E-state index contributed by atoms with van der Waals surface area (Å²) in [5.41, 5.74) is -2.77. The quantitative estimate of drug-likeness (QED) is 0.359. The maximum absolute atomic E-state index is 13.1. The predicted octanol–water partition coefficient (Wildman–Crippen LogP) is 3.84. The summed E-state index contributed by atoms with van der Waals surface area (Å²) in [4.78, 5) is 33.9. The second-order valence-electron chi connectivity index (χ2n) is 6.03. The van der Waals surface area contributed by atoms with Crippen molar-refractivity contribution in [1.29, 1.82) is 0 Å². The van der Waals surface area contributed by atoms with Crippen molar-refractivity contribution in [1.82, 2.24) is 0 Å². The second-order valence-corrected chi connectivity index (χ2v) is 6.03. The number of alkyl halides is 3. The van der Waals surface area contributed by atoms with Gasteiger partial charge < -0.3 is 10.1 Å². The Hall–Kier alpha value is -2.91. The van der Waals surface area contributed by atoms with Gasteiger partial charge in [-0.05, 0) is 32.3 Å². The van der Waals surface area contributed by atoms with Gasteiger partial charge in [-0.1, -0.05) is 12.2 Å². The Balaban J connectivity index is 2.11. The molecule has 1 aromatic carbocycles. The van der Waals surface area contributed by atoms with Crippen LogP contribution in [0.1, 0.15) is 31.7 Å².